The van der Waals surface area contributed by atoms with Crippen molar-refractivity contribution >= 4 is 41.8 Å². The molecule has 2 aromatic heterocycles. The van der Waals surface area contributed by atoms with Gasteiger partial charge in [0.2, 0.25) is 0 Å². The van der Waals surface area contributed by atoms with Gasteiger partial charge in [0.25, 0.3) is 5.91 Å². The Balaban J connectivity index is 0.00000121. The molecule has 1 unspecified atom stereocenters. The Morgan fingerprint density at radius 1 is 1.19 bits per heavy atom. The number of nitrogens with zero attached hydrogens (tertiary/aromatic N) is 4. The second-order valence-electron chi connectivity index (χ2n) is 6.84. The van der Waals surface area contributed by atoms with E-state index in [9.17, 15) is 4.79 Å². The number of likely N-dealkylation sites (tertiary alicyclic amines) is 1. The van der Waals surface area contributed by atoms with E-state index in [1.807, 2.05) is 24.8 Å². The Morgan fingerprint density at radius 3 is 2.65 bits per heavy atom. The first-order valence-electron chi connectivity index (χ1n) is 8.70. The van der Waals surface area contributed by atoms with Crippen LogP contribution in [0.15, 0.2) is 6.07 Å². The lowest BCUT2D eigenvalue weighted by molar-refractivity contribution is 0.0775. The fourth-order valence-electron chi connectivity index (χ4n) is 3.91. The van der Waals surface area contributed by atoms with Gasteiger partial charge in [0.1, 0.15) is 0 Å². The first kappa shape index (κ1) is 20.9. The van der Waals surface area contributed by atoms with Crippen molar-refractivity contribution < 1.29 is 4.79 Å². The number of fused-ring (bicyclic) bond motifs is 1. The SMILES string of the molecule is Cc1cc(C(=O)N2CCC(N3CCNCC3)C2)c2c(C)[nH]nc2n1.Cl.Cl. The molecule has 1 amide bonds. The number of carbonyl (C=O) groups is 1. The first-order chi connectivity index (χ1) is 11.6. The van der Waals surface area contributed by atoms with Gasteiger partial charge < -0.3 is 10.2 Å². The molecule has 0 radical (unpaired) electrons. The summed E-state index contributed by atoms with van der Waals surface area (Å²) in [5.41, 5.74) is 3.09. The number of hydrogen-bond donors (Lipinski definition) is 2. The Kier molecular flexibility index (Phi) is 6.85. The second kappa shape index (κ2) is 8.52. The zero-order valence-corrected chi connectivity index (χ0v) is 16.8. The van der Waals surface area contributed by atoms with Gasteiger partial charge in [-0.05, 0) is 26.3 Å². The molecule has 1 atom stereocenters. The van der Waals surface area contributed by atoms with Crippen molar-refractivity contribution in [1.29, 1.82) is 0 Å². The van der Waals surface area contributed by atoms with Gasteiger partial charge in [-0.3, -0.25) is 14.8 Å². The molecular weight excluding hydrogens is 375 g/mol. The molecule has 2 saturated heterocycles. The summed E-state index contributed by atoms with van der Waals surface area (Å²) in [5, 5.41) is 11.4. The largest absolute Gasteiger partial charge is 0.337 e. The second-order valence-corrected chi connectivity index (χ2v) is 6.84. The van der Waals surface area contributed by atoms with Gasteiger partial charge in [-0.1, -0.05) is 0 Å². The minimum atomic E-state index is 0. The zero-order valence-electron chi connectivity index (χ0n) is 15.1. The van der Waals surface area contributed by atoms with Crippen molar-refractivity contribution in [3.63, 3.8) is 0 Å². The number of halogens is 2. The van der Waals surface area contributed by atoms with Gasteiger partial charge in [-0.25, -0.2) is 4.98 Å². The summed E-state index contributed by atoms with van der Waals surface area (Å²) < 4.78 is 0. The lowest BCUT2D eigenvalue weighted by Crippen LogP contribution is -2.49. The molecule has 0 spiro atoms. The maximum Gasteiger partial charge on any atom is 0.254 e. The Labute approximate surface area is 165 Å². The standard InChI is InChI=1S/C17H24N6O.2ClH/c1-11-9-14(15-12(2)20-21-16(15)19-11)17(24)23-6-3-13(10-23)22-7-4-18-5-8-22;;/h9,13,18H,3-8,10H2,1-2H3,(H,19,20,21);2*1H. The van der Waals surface area contributed by atoms with Crippen LogP contribution in [0.4, 0.5) is 0 Å². The number of piperazine rings is 1. The lowest BCUT2D eigenvalue weighted by Gasteiger charge is -2.32. The van der Waals surface area contributed by atoms with Crippen LogP contribution in [0.3, 0.4) is 0 Å². The fraction of sp³-hybridized carbons (Fsp3) is 0.588. The van der Waals surface area contributed by atoms with Gasteiger partial charge in [0.15, 0.2) is 5.65 Å². The third-order valence-electron chi connectivity index (χ3n) is 5.18. The van der Waals surface area contributed by atoms with Crippen LogP contribution in [0.5, 0.6) is 0 Å². The van der Waals surface area contributed by atoms with Crippen LogP contribution in [0.25, 0.3) is 11.0 Å². The molecule has 2 aliphatic rings. The molecule has 0 saturated carbocycles. The highest BCUT2D eigenvalue weighted by molar-refractivity contribution is 6.06. The average molecular weight is 401 g/mol. The quantitative estimate of drug-likeness (QED) is 0.799. The topological polar surface area (TPSA) is 77.2 Å². The number of aromatic nitrogens is 3. The fourth-order valence-corrected chi connectivity index (χ4v) is 3.91. The molecule has 0 bridgehead atoms. The molecule has 2 fully saturated rings. The predicted octanol–water partition coefficient (Wildman–Crippen LogP) is 1.54. The zero-order chi connectivity index (χ0) is 16.7. The van der Waals surface area contributed by atoms with E-state index in [2.05, 4.69) is 25.4 Å². The van der Waals surface area contributed by atoms with Crippen LogP contribution in [-0.4, -0.2) is 76.2 Å². The summed E-state index contributed by atoms with van der Waals surface area (Å²) in [6.07, 6.45) is 1.06. The van der Waals surface area contributed by atoms with Crippen molar-refractivity contribution in [3.05, 3.63) is 23.0 Å². The lowest BCUT2D eigenvalue weighted by atomic mass is 10.1. The summed E-state index contributed by atoms with van der Waals surface area (Å²) in [4.78, 5) is 22.1. The summed E-state index contributed by atoms with van der Waals surface area (Å²) in [7, 11) is 0. The van der Waals surface area contributed by atoms with Crippen molar-refractivity contribution in [1.82, 2.24) is 30.3 Å². The number of aromatic amines is 1. The molecular formula is C17H26Cl2N6O. The number of aryl methyl sites for hydroxylation is 2. The summed E-state index contributed by atoms with van der Waals surface area (Å²) >= 11 is 0. The van der Waals surface area contributed by atoms with Crippen LogP contribution in [-0.2, 0) is 0 Å². The van der Waals surface area contributed by atoms with Gasteiger partial charge in [-0.2, -0.15) is 5.10 Å². The summed E-state index contributed by atoms with van der Waals surface area (Å²) in [6.45, 7) is 9.74. The number of pyridine rings is 1. The molecule has 26 heavy (non-hydrogen) atoms. The van der Waals surface area contributed by atoms with Gasteiger partial charge in [0.05, 0.1) is 10.9 Å². The van der Waals surface area contributed by atoms with Crippen molar-refractivity contribution in [3.8, 4) is 0 Å². The summed E-state index contributed by atoms with van der Waals surface area (Å²) in [6, 6.07) is 2.38. The van der Waals surface area contributed by atoms with Crippen LogP contribution in [0, 0.1) is 13.8 Å². The first-order valence-corrected chi connectivity index (χ1v) is 8.70. The normalized spacial score (nSPS) is 20.7. The molecule has 144 valence electrons. The highest BCUT2D eigenvalue weighted by Gasteiger charge is 2.32. The van der Waals surface area contributed by atoms with Crippen LogP contribution in [0.2, 0.25) is 0 Å². The smallest absolute Gasteiger partial charge is 0.254 e. The number of amides is 1. The Morgan fingerprint density at radius 2 is 1.92 bits per heavy atom. The van der Waals surface area contributed by atoms with E-state index >= 15 is 0 Å². The van der Waals surface area contributed by atoms with Gasteiger partial charge >= 0.3 is 0 Å². The third kappa shape index (κ3) is 3.81. The minimum Gasteiger partial charge on any atom is -0.337 e. The molecule has 2 aliphatic heterocycles. The van der Waals surface area contributed by atoms with E-state index in [0.717, 1.165) is 68.0 Å². The maximum atomic E-state index is 13.1. The van der Waals surface area contributed by atoms with Crippen molar-refractivity contribution in [2.24, 2.45) is 0 Å². The number of H-pyrrole nitrogens is 1. The van der Waals surface area contributed by atoms with E-state index in [4.69, 9.17) is 0 Å². The Hall–Kier alpha value is -1.41. The van der Waals surface area contributed by atoms with E-state index < -0.39 is 0 Å². The molecule has 0 aliphatic carbocycles. The van der Waals surface area contributed by atoms with Gasteiger partial charge in [0, 0.05) is 56.7 Å². The molecule has 0 aromatic carbocycles. The molecule has 4 rings (SSSR count). The minimum absolute atomic E-state index is 0. The molecule has 7 nitrogen and oxygen atoms in total. The van der Waals surface area contributed by atoms with Crippen LogP contribution < -0.4 is 5.32 Å². The van der Waals surface area contributed by atoms with Crippen LogP contribution in [0.1, 0.15) is 28.2 Å². The number of nitrogens with one attached hydrogen (secondary N) is 2. The van der Waals surface area contributed by atoms with E-state index in [0.29, 0.717) is 11.7 Å². The van der Waals surface area contributed by atoms with E-state index in [-0.39, 0.29) is 30.7 Å². The average Bonchev–Trinajstić information content (AvgIpc) is 3.22. The number of rotatable bonds is 2. The van der Waals surface area contributed by atoms with Crippen molar-refractivity contribution in [2.45, 2.75) is 26.3 Å². The van der Waals surface area contributed by atoms with E-state index in [1.165, 1.54) is 0 Å². The van der Waals surface area contributed by atoms with Crippen molar-refractivity contribution in [2.75, 3.05) is 39.3 Å². The highest BCUT2D eigenvalue weighted by Crippen LogP contribution is 2.24. The number of hydrogen-bond acceptors (Lipinski definition) is 5. The molecule has 9 heteroatoms. The molecule has 4 heterocycles. The molecule has 2 aromatic rings. The highest BCUT2D eigenvalue weighted by atomic mass is 35.5. The summed E-state index contributed by atoms with van der Waals surface area (Å²) in [5.74, 6) is 0.104. The van der Waals surface area contributed by atoms with Gasteiger partial charge in [-0.15, -0.1) is 24.8 Å². The van der Waals surface area contributed by atoms with E-state index in [1.54, 1.807) is 0 Å². The third-order valence-corrected chi connectivity index (χ3v) is 5.18. The predicted molar refractivity (Wildman–Crippen MR) is 107 cm³/mol. The molecule has 2 N–H and O–H groups in total. The maximum absolute atomic E-state index is 13.1. The number of carbonyl (C=O) groups excluding carboxylic acids is 1. The monoisotopic (exact) mass is 400 g/mol. The van der Waals surface area contributed by atoms with Crippen LogP contribution >= 0.6 is 24.8 Å². The Bertz CT molecular complexity index is 774.